The zero-order valence-corrected chi connectivity index (χ0v) is 8.99. The second-order valence-corrected chi connectivity index (χ2v) is 4.63. The van der Waals surface area contributed by atoms with Crippen molar-refractivity contribution in [3.8, 4) is 0 Å². The van der Waals surface area contributed by atoms with E-state index in [1.165, 1.54) is 0 Å². The Labute approximate surface area is 80.6 Å². The number of ether oxygens (including phenoxy) is 2. The zero-order chi connectivity index (χ0) is 9.59. The van der Waals surface area contributed by atoms with E-state index in [2.05, 4.69) is 27.7 Å². The second-order valence-electron chi connectivity index (χ2n) is 4.63. The molecule has 2 rings (SSSR count). The molecule has 6 atom stereocenters. The lowest BCUT2D eigenvalue weighted by Crippen LogP contribution is -2.28. The van der Waals surface area contributed by atoms with Gasteiger partial charge in [-0.2, -0.15) is 0 Å². The summed E-state index contributed by atoms with van der Waals surface area (Å²) in [6.07, 6.45) is 2.00. The van der Waals surface area contributed by atoms with Gasteiger partial charge in [0.15, 0.2) is 6.29 Å². The minimum Gasteiger partial charge on any atom is -0.346 e. The first-order valence-corrected chi connectivity index (χ1v) is 5.46. The van der Waals surface area contributed by atoms with Gasteiger partial charge in [0.1, 0.15) is 6.10 Å². The Morgan fingerprint density at radius 2 is 1.62 bits per heavy atom. The molecule has 0 aromatic carbocycles. The number of epoxide rings is 1. The first-order valence-electron chi connectivity index (χ1n) is 5.46. The topological polar surface area (TPSA) is 21.8 Å². The average molecular weight is 184 g/mol. The van der Waals surface area contributed by atoms with Gasteiger partial charge in [-0.1, -0.05) is 27.7 Å². The molecule has 13 heavy (non-hydrogen) atoms. The van der Waals surface area contributed by atoms with Crippen molar-refractivity contribution in [3.05, 3.63) is 0 Å². The summed E-state index contributed by atoms with van der Waals surface area (Å²) in [7, 11) is 0. The van der Waals surface area contributed by atoms with Crippen LogP contribution in [0.3, 0.4) is 0 Å². The quantitative estimate of drug-likeness (QED) is 0.584. The molecule has 0 spiro atoms. The highest BCUT2D eigenvalue weighted by Crippen LogP contribution is 2.43. The third kappa shape index (κ3) is 1.50. The fraction of sp³-hybridized carbons (Fsp3) is 1.00. The maximum atomic E-state index is 5.87. The first kappa shape index (κ1) is 9.47. The number of hydrogen-bond acceptors (Lipinski definition) is 2. The van der Waals surface area contributed by atoms with E-state index < -0.39 is 0 Å². The van der Waals surface area contributed by atoms with Crippen LogP contribution in [0.4, 0.5) is 0 Å². The summed E-state index contributed by atoms with van der Waals surface area (Å²) < 4.78 is 11.4. The lowest BCUT2D eigenvalue weighted by molar-refractivity contribution is -0.0509. The molecule has 2 nitrogen and oxygen atoms in total. The van der Waals surface area contributed by atoms with E-state index in [-0.39, 0.29) is 6.29 Å². The smallest absolute Gasteiger partial charge is 0.185 e. The van der Waals surface area contributed by atoms with E-state index in [1.807, 2.05) is 0 Å². The molecular formula is C11H20O2. The van der Waals surface area contributed by atoms with Gasteiger partial charge < -0.3 is 9.47 Å². The van der Waals surface area contributed by atoms with Gasteiger partial charge in [0.25, 0.3) is 0 Å². The minimum absolute atomic E-state index is 0.118. The van der Waals surface area contributed by atoms with E-state index in [0.717, 1.165) is 6.42 Å². The molecule has 0 aromatic heterocycles. The molecule has 0 aliphatic carbocycles. The second kappa shape index (κ2) is 3.25. The number of hydrogen-bond donors (Lipinski definition) is 0. The van der Waals surface area contributed by atoms with Crippen molar-refractivity contribution in [2.45, 2.75) is 52.6 Å². The maximum Gasteiger partial charge on any atom is 0.185 e. The molecule has 2 saturated heterocycles. The highest BCUT2D eigenvalue weighted by atomic mass is 16.8. The minimum atomic E-state index is 0.118. The lowest BCUT2D eigenvalue weighted by Gasteiger charge is -2.28. The van der Waals surface area contributed by atoms with E-state index in [9.17, 15) is 0 Å². The van der Waals surface area contributed by atoms with Gasteiger partial charge in [-0.15, -0.1) is 0 Å². The predicted molar refractivity (Wildman–Crippen MR) is 51.3 cm³/mol. The van der Waals surface area contributed by atoms with E-state index in [1.54, 1.807) is 0 Å². The van der Waals surface area contributed by atoms with Crippen molar-refractivity contribution in [2.24, 2.45) is 17.8 Å². The van der Waals surface area contributed by atoms with Crippen molar-refractivity contribution in [1.29, 1.82) is 0 Å². The van der Waals surface area contributed by atoms with Gasteiger partial charge in [0, 0.05) is 0 Å². The fourth-order valence-electron chi connectivity index (χ4n) is 2.47. The third-order valence-corrected chi connectivity index (χ3v) is 3.96. The molecule has 0 N–H and O–H groups in total. The molecule has 76 valence electrons. The largest absolute Gasteiger partial charge is 0.346 e. The van der Waals surface area contributed by atoms with Gasteiger partial charge >= 0.3 is 0 Å². The molecule has 6 unspecified atom stereocenters. The fourth-order valence-corrected chi connectivity index (χ4v) is 2.47. The number of fused-ring (bicyclic) bond motifs is 1. The van der Waals surface area contributed by atoms with Crippen molar-refractivity contribution >= 4 is 0 Å². The molecule has 2 fully saturated rings. The summed E-state index contributed by atoms with van der Waals surface area (Å²) in [5.74, 6) is 2.02. The zero-order valence-electron chi connectivity index (χ0n) is 8.99. The van der Waals surface area contributed by atoms with Crippen LogP contribution in [-0.2, 0) is 9.47 Å². The molecule has 0 saturated carbocycles. The average Bonchev–Trinajstić information content (AvgIpc) is 2.89. The Bertz CT molecular complexity index is 188. The Morgan fingerprint density at radius 3 is 2.23 bits per heavy atom. The molecular weight excluding hydrogens is 164 g/mol. The summed E-state index contributed by atoms with van der Waals surface area (Å²) in [5, 5.41) is 0. The van der Waals surface area contributed by atoms with Gasteiger partial charge in [0.2, 0.25) is 0 Å². The van der Waals surface area contributed by atoms with Gasteiger partial charge in [-0.3, -0.25) is 0 Å². The highest BCUT2D eigenvalue weighted by Gasteiger charge is 2.51. The van der Waals surface area contributed by atoms with Gasteiger partial charge in [-0.25, -0.2) is 0 Å². The van der Waals surface area contributed by atoms with Crippen LogP contribution in [0.2, 0.25) is 0 Å². The molecule has 0 bridgehead atoms. The molecule has 2 aliphatic rings. The molecule has 2 aliphatic heterocycles. The van der Waals surface area contributed by atoms with Crippen LogP contribution in [0.25, 0.3) is 0 Å². The highest BCUT2D eigenvalue weighted by molar-refractivity contribution is 4.92. The van der Waals surface area contributed by atoms with Crippen LogP contribution >= 0.6 is 0 Å². The molecule has 0 radical (unpaired) electrons. The molecule has 2 heteroatoms. The van der Waals surface area contributed by atoms with Crippen molar-refractivity contribution in [1.82, 2.24) is 0 Å². The van der Waals surface area contributed by atoms with Crippen LogP contribution in [0.5, 0.6) is 0 Å². The SMILES string of the molecule is CCC1OC2OC2C(C)C(C)C1C. The van der Waals surface area contributed by atoms with Crippen LogP contribution in [-0.4, -0.2) is 18.5 Å². The third-order valence-electron chi connectivity index (χ3n) is 3.96. The first-order chi connectivity index (χ1) is 6.15. The number of rotatable bonds is 1. The Morgan fingerprint density at radius 1 is 0.923 bits per heavy atom. The lowest BCUT2D eigenvalue weighted by atomic mass is 9.80. The normalized spacial score (nSPS) is 55.4. The standard InChI is InChI=1S/C11H20O2/c1-5-9-7(3)6(2)8(4)10-11(12-9)13-10/h6-11H,5H2,1-4H3. The van der Waals surface area contributed by atoms with Crippen molar-refractivity contribution in [3.63, 3.8) is 0 Å². The van der Waals surface area contributed by atoms with E-state index >= 15 is 0 Å². The van der Waals surface area contributed by atoms with Gasteiger partial charge in [0.05, 0.1) is 6.10 Å². The van der Waals surface area contributed by atoms with Crippen molar-refractivity contribution < 1.29 is 9.47 Å². The van der Waals surface area contributed by atoms with Gasteiger partial charge in [-0.05, 0) is 24.2 Å². The molecule has 2 heterocycles. The summed E-state index contributed by atoms with van der Waals surface area (Å²) >= 11 is 0. The predicted octanol–water partition coefficient (Wildman–Crippen LogP) is 2.43. The maximum absolute atomic E-state index is 5.87. The summed E-state index contributed by atoms with van der Waals surface area (Å²) in [6, 6.07) is 0. The van der Waals surface area contributed by atoms with E-state index in [0.29, 0.717) is 30.0 Å². The Kier molecular flexibility index (Phi) is 2.37. The Hall–Kier alpha value is -0.0800. The van der Waals surface area contributed by atoms with Crippen LogP contribution in [0.1, 0.15) is 34.1 Å². The van der Waals surface area contributed by atoms with E-state index in [4.69, 9.17) is 9.47 Å². The van der Waals surface area contributed by atoms with Crippen molar-refractivity contribution in [2.75, 3.05) is 0 Å². The molecule has 0 aromatic rings. The molecule has 0 amide bonds. The summed E-state index contributed by atoms with van der Waals surface area (Å²) in [4.78, 5) is 0. The van der Waals surface area contributed by atoms with Crippen LogP contribution in [0, 0.1) is 17.8 Å². The summed E-state index contributed by atoms with van der Waals surface area (Å²) in [6.45, 7) is 9.11. The van der Waals surface area contributed by atoms with Crippen LogP contribution < -0.4 is 0 Å². The Balaban J connectivity index is 2.10. The summed E-state index contributed by atoms with van der Waals surface area (Å²) in [5.41, 5.74) is 0. The monoisotopic (exact) mass is 184 g/mol. The van der Waals surface area contributed by atoms with Crippen LogP contribution in [0.15, 0.2) is 0 Å².